The molecule has 1 atom stereocenters. The maximum Gasteiger partial charge on any atom is 0.251 e. The van der Waals surface area contributed by atoms with Crippen molar-refractivity contribution in [3.05, 3.63) is 35.4 Å². The minimum absolute atomic E-state index is 0. The Morgan fingerprint density at radius 3 is 2.87 bits per heavy atom. The lowest BCUT2D eigenvalue weighted by Crippen LogP contribution is -2.47. The van der Waals surface area contributed by atoms with E-state index in [1.165, 1.54) is 0 Å². The van der Waals surface area contributed by atoms with Crippen molar-refractivity contribution < 1.29 is 14.3 Å². The molecule has 0 bridgehead atoms. The average Bonchev–Trinajstić information content (AvgIpc) is 2.58. The fourth-order valence-corrected chi connectivity index (χ4v) is 2.20. The lowest BCUT2D eigenvalue weighted by Gasteiger charge is -2.22. The number of rotatable bonds is 6. The molecule has 128 valence electrons. The standard InChI is InChI=1S/C16H23N3O3.ClH/c1-2-6-18-15(20)13-5-3-4-12(9-13)10-19-16(21)14-11-17-7-8-22-14;/h3-5,9,14,17H,2,6-8,10-11H2,1H3,(H,18,20)(H,19,21);1H. The van der Waals surface area contributed by atoms with E-state index in [9.17, 15) is 9.59 Å². The van der Waals surface area contributed by atoms with E-state index in [-0.39, 0.29) is 24.2 Å². The predicted octanol–water partition coefficient (Wildman–Crippen LogP) is 0.853. The topological polar surface area (TPSA) is 79.5 Å². The van der Waals surface area contributed by atoms with Crippen LogP contribution < -0.4 is 16.0 Å². The Morgan fingerprint density at radius 1 is 1.35 bits per heavy atom. The summed E-state index contributed by atoms with van der Waals surface area (Å²) >= 11 is 0. The summed E-state index contributed by atoms with van der Waals surface area (Å²) < 4.78 is 5.40. The van der Waals surface area contributed by atoms with Gasteiger partial charge in [0, 0.05) is 31.7 Å². The third-order valence-corrected chi connectivity index (χ3v) is 3.41. The average molecular weight is 342 g/mol. The van der Waals surface area contributed by atoms with Crippen LogP contribution in [0, 0.1) is 0 Å². The molecule has 1 aromatic rings. The monoisotopic (exact) mass is 341 g/mol. The van der Waals surface area contributed by atoms with Gasteiger partial charge in [-0.05, 0) is 24.1 Å². The second kappa shape index (κ2) is 10.2. The molecule has 1 saturated heterocycles. The molecule has 1 aromatic carbocycles. The molecule has 0 spiro atoms. The quantitative estimate of drug-likeness (QED) is 0.717. The van der Waals surface area contributed by atoms with Crippen LogP contribution in [0.5, 0.6) is 0 Å². The van der Waals surface area contributed by atoms with E-state index in [1.54, 1.807) is 12.1 Å². The van der Waals surface area contributed by atoms with Gasteiger partial charge in [0.15, 0.2) is 0 Å². The number of amides is 2. The van der Waals surface area contributed by atoms with Crippen molar-refractivity contribution in [2.24, 2.45) is 0 Å². The fourth-order valence-electron chi connectivity index (χ4n) is 2.20. The number of hydrogen-bond acceptors (Lipinski definition) is 4. The normalized spacial score (nSPS) is 17.0. The van der Waals surface area contributed by atoms with E-state index in [0.717, 1.165) is 18.5 Å². The number of halogens is 1. The maximum atomic E-state index is 12.0. The minimum atomic E-state index is -0.440. The van der Waals surface area contributed by atoms with Crippen LogP contribution in [-0.2, 0) is 16.1 Å². The van der Waals surface area contributed by atoms with Crippen molar-refractivity contribution >= 4 is 24.2 Å². The second-order valence-corrected chi connectivity index (χ2v) is 5.24. The first-order chi connectivity index (χ1) is 10.7. The van der Waals surface area contributed by atoms with Gasteiger partial charge in [-0.25, -0.2) is 0 Å². The summed E-state index contributed by atoms with van der Waals surface area (Å²) in [6, 6.07) is 7.27. The van der Waals surface area contributed by atoms with Gasteiger partial charge in [0.25, 0.3) is 11.8 Å². The van der Waals surface area contributed by atoms with E-state index >= 15 is 0 Å². The third kappa shape index (κ3) is 6.17. The number of carbonyl (C=O) groups excluding carboxylic acids is 2. The predicted molar refractivity (Wildman–Crippen MR) is 90.8 cm³/mol. The molecule has 1 unspecified atom stereocenters. The fraction of sp³-hybridized carbons (Fsp3) is 0.500. The van der Waals surface area contributed by atoms with Crippen molar-refractivity contribution in [1.82, 2.24) is 16.0 Å². The highest BCUT2D eigenvalue weighted by molar-refractivity contribution is 5.94. The van der Waals surface area contributed by atoms with Gasteiger partial charge in [-0.1, -0.05) is 19.1 Å². The molecule has 1 aliphatic rings. The van der Waals surface area contributed by atoms with Crippen LogP contribution in [0.3, 0.4) is 0 Å². The summed E-state index contributed by atoms with van der Waals surface area (Å²) in [4.78, 5) is 23.9. The highest BCUT2D eigenvalue weighted by Gasteiger charge is 2.21. The summed E-state index contributed by atoms with van der Waals surface area (Å²) in [5.74, 6) is -0.220. The van der Waals surface area contributed by atoms with E-state index in [4.69, 9.17) is 4.74 Å². The molecule has 7 heteroatoms. The van der Waals surface area contributed by atoms with Crippen LogP contribution in [0.1, 0.15) is 29.3 Å². The number of benzene rings is 1. The smallest absolute Gasteiger partial charge is 0.251 e. The van der Waals surface area contributed by atoms with Gasteiger partial charge in [-0.2, -0.15) is 0 Å². The van der Waals surface area contributed by atoms with Gasteiger partial charge in [0.2, 0.25) is 0 Å². The molecular weight excluding hydrogens is 318 g/mol. The molecule has 23 heavy (non-hydrogen) atoms. The Kier molecular flexibility index (Phi) is 8.61. The zero-order valence-corrected chi connectivity index (χ0v) is 14.1. The molecule has 1 aliphatic heterocycles. The molecule has 2 rings (SSSR count). The van der Waals surface area contributed by atoms with E-state index < -0.39 is 6.10 Å². The van der Waals surface area contributed by atoms with Gasteiger partial charge >= 0.3 is 0 Å². The van der Waals surface area contributed by atoms with E-state index in [0.29, 0.717) is 31.8 Å². The largest absolute Gasteiger partial charge is 0.366 e. The lowest BCUT2D eigenvalue weighted by atomic mass is 10.1. The van der Waals surface area contributed by atoms with Gasteiger partial charge in [0.1, 0.15) is 6.10 Å². The molecular formula is C16H24ClN3O3. The Labute approximate surface area is 142 Å². The highest BCUT2D eigenvalue weighted by atomic mass is 35.5. The van der Waals surface area contributed by atoms with Crippen molar-refractivity contribution in [2.75, 3.05) is 26.2 Å². The molecule has 1 heterocycles. The first-order valence-corrected chi connectivity index (χ1v) is 7.68. The number of morpholine rings is 1. The van der Waals surface area contributed by atoms with Gasteiger partial charge in [-0.15, -0.1) is 12.4 Å². The number of ether oxygens (including phenoxy) is 1. The first-order valence-electron chi connectivity index (χ1n) is 7.68. The summed E-state index contributed by atoms with van der Waals surface area (Å²) in [5.41, 5.74) is 1.50. The van der Waals surface area contributed by atoms with E-state index in [1.807, 2.05) is 19.1 Å². The van der Waals surface area contributed by atoms with Crippen LogP contribution in [0.2, 0.25) is 0 Å². The summed E-state index contributed by atoms with van der Waals surface area (Å²) in [5, 5.41) is 8.80. The molecule has 2 amide bonds. The zero-order valence-electron chi connectivity index (χ0n) is 13.3. The second-order valence-electron chi connectivity index (χ2n) is 5.24. The zero-order chi connectivity index (χ0) is 15.8. The van der Waals surface area contributed by atoms with Crippen LogP contribution in [0.4, 0.5) is 0 Å². The minimum Gasteiger partial charge on any atom is -0.366 e. The Balaban J connectivity index is 0.00000264. The number of hydrogen-bond donors (Lipinski definition) is 3. The van der Waals surface area contributed by atoms with Crippen LogP contribution in [0.25, 0.3) is 0 Å². The van der Waals surface area contributed by atoms with Crippen molar-refractivity contribution in [3.8, 4) is 0 Å². The van der Waals surface area contributed by atoms with Crippen molar-refractivity contribution in [3.63, 3.8) is 0 Å². The highest BCUT2D eigenvalue weighted by Crippen LogP contribution is 2.06. The number of carbonyl (C=O) groups is 2. The maximum absolute atomic E-state index is 12.0. The Morgan fingerprint density at radius 2 is 2.17 bits per heavy atom. The van der Waals surface area contributed by atoms with Gasteiger partial charge in [0.05, 0.1) is 6.61 Å². The molecule has 0 saturated carbocycles. The van der Waals surface area contributed by atoms with Crippen LogP contribution in [0.15, 0.2) is 24.3 Å². The molecule has 0 radical (unpaired) electrons. The van der Waals surface area contributed by atoms with Crippen molar-refractivity contribution in [1.29, 1.82) is 0 Å². The lowest BCUT2D eigenvalue weighted by molar-refractivity contribution is -0.134. The third-order valence-electron chi connectivity index (χ3n) is 3.41. The molecule has 3 N–H and O–H groups in total. The van der Waals surface area contributed by atoms with E-state index in [2.05, 4.69) is 16.0 Å². The Hall–Kier alpha value is -1.63. The Bertz CT molecular complexity index is 519. The molecule has 0 aliphatic carbocycles. The molecule has 0 aromatic heterocycles. The molecule has 6 nitrogen and oxygen atoms in total. The SMILES string of the molecule is CCCNC(=O)c1cccc(CNC(=O)C2CNCCO2)c1.Cl. The van der Waals surface area contributed by atoms with Gasteiger partial charge in [-0.3, -0.25) is 9.59 Å². The van der Waals surface area contributed by atoms with Gasteiger partial charge < -0.3 is 20.7 Å². The summed E-state index contributed by atoms with van der Waals surface area (Å²) in [6.45, 7) is 4.91. The number of nitrogens with one attached hydrogen (secondary N) is 3. The summed E-state index contributed by atoms with van der Waals surface area (Å²) in [7, 11) is 0. The van der Waals surface area contributed by atoms with Crippen LogP contribution in [-0.4, -0.2) is 44.2 Å². The molecule has 1 fully saturated rings. The summed E-state index contributed by atoms with van der Waals surface area (Å²) in [6.07, 6.45) is 0.460. The first kappa shape index (κ1) is 19.4. The van der Waals surface area contributed by atoms with Crippen molar-refractivity contribution in [2.45, 2.75) is 26.0 Å². The van der Waals surface area contributed by atoms with Crippen LogP contribution >= 0.6 is 12.4 Å².